The summed E-state index contributed by atoms with van der Waals surface area (Å²) in [5, 5.41) is 40.5. The number of aliphatic imine (C=N–C) groups is 1. The first-order valence-corrected chi connectivity index (χ1v) is 6.58. The maximum atomic E-state index is 10.6. The number of allylic oxidation sites excluding steroid dienone is 1. The van der Waals surface area contributed by atoms with Gasteiger partial charge in [0.05, 0.1) is 37.3 Å². The van der Waals surface area contributed by atoms with Crippen LogP contribution in [0.2, 0.25) is 0 Å². The molecule has 0 fully saturated rings. The molecule has 0 radical (unpaired) electrons. The molecule has 1 aliphatic carbocycles. The fraction of sp³-hybridized carbons (Fsp3) is 0.692. The topological polar surface area (TPSA) is 132 Å². The number of aliphatic carboxylic acids is 1. The van der Waals surface area contributed by atoms with Crippen molar-refractivity contribution in [2.24, 2.45) is 4.99 Å². The van der Waals surface area contributed by atoms with Crippen molar-refractivity contribution in [1.29, 1.82) is 0 Å². The van der Waals surface area contributed by atoms with Crippen LogP contribution in [0.1, 0.15) is 19.8 Å². The average molecular weight is 302 g/mol. The van der Waals surface area contributed by atoms with Gasteiger partial charge in [-0.1, -0.05) is 0 Å². The molecule has 8 heteroatoms. The van der Waals surface area contributed by atoms with Crippen molar-refractivity contribution in [3.8, 4) is 0 Å². The number of ether oxygens (including phenoxy) is 1. The first-order chi connectivity index (χ1) is 9.85. The highest BCUT2D eigenvalue weighted by molar-refractivity contribution is 6.01. The van der Waals surface area contributed by atoms with Gasteiger partial charge in [-0.05, 0) is 6.92 Å². The predicted molar refractivity (Wildman–Crippen MR) is 74.9 cm³/mol. The number of nitrogens with one attached hydrogen (secondary N) is 1. The summed E-state index contributed by atoms with van der Waals surface area (Å²) in [7, 11) is 1.42. The van der Waals surface area contributed by atoms with Gasteiger partial charge in [-0.2, -0.15) is 0 Å². The first-order valence-electron chi connectivity index (χ1n) is 6.58. The fourth-order valence-corrected chi connectivity index (χ4v) is 2.14. The van der Waals surface area contributed by atoms with Crippen LogP contribution >= 0.6 is 0 Å². The summed E-state index contributed by atoms with van der Waals surface area (Å²) in [6, 6.07) is -0.285. The molecule has 0 aliphatic heterocycles. The smallest absolute Gasteiger partial charge is 0.325 e. The van der Waals surface area contributed by atoms with Gasteiger partial charge in [0.15, 0.2) is 5.76 Å². The highest BCUT2D eigenvalue weighted by Gasteiger charge is 2.38. The molecular formula is C13H22N2O6. The minimum absolute atomic E-state index is 0.00135. The SMILES string of the molecule is COC1=C(N[C@H](C)CO)C[C@@](O)(CO)CC1=NCC(=O)O. The van der Waals surface area contributed by atoms with Crippen LogP contribution in [0.4, 0.5) is 0 Å². The number of nitrogens with zero attached hydrogens (tertiary/aromatic N) is 1. The summed E-state index contributed by atoms with van der Waals surface area (Å²) >= 11 is 0. The van der Waals surface area contributed by atoms with E-state index in [2.05, 4.69) is 10.3 Å². The largest absolute Gasteiger partial charge is 0.493 e. The summed E-state index contributed by atoms with van der Waals surface area (Å²) in [4.78, 5) is 14.6. The Kier molecular flexibility index (Phi) is 6.13. The molecule has 1 aliphatic rings. The Morgan fingerprint density at radius 3 is 2.62 bits per heavy atom. The highest BCUT2D eigenvalue weighted by atomic mass is 16.5. The van der Waals surface area contributed by atoms with E-state index in [-0.39, 0.29) is 31.2 Å². The minimum Gasteiger partial charge on any atom is -0.493 e. The number of aliphatic hydroxyl groups excluding tert-OH is 2. The van der Waals surface area contributed by atoms with Crippen LogP contribution in [-0.4, -0.2) is 70.6 Å². The van der Waals surface area contributed by atoms with Crippen LogP contribution in [0.5, 0.6) is 0 Å². The van der Waals surface area contributed by atoms with E-state index < -0.39 is 24.7 Å². The van der Waals surface area contributed by atoms with E-state index in [1.54, 1.807) is 6.92 Å². The van der Waals surface area contributed by atoms with Crippen molar-refractivity contribution < 1.29 is 30.0 Å². The van der Waals surface area contributed by atoms with Gasteiger partial charge >= 0.3 is 5.97 Å². The summed E-state index contributed by atoms with van der Waals surface area (Å²) in [6.07, 6.45) is 0.0990. The number of hydrogen-bond acceptors (Lipinski definition) is 7. The van der Waals surface area contributed by atoms with Gasteiger partial charge in [0.25, 0.3) is 0 Å². The maximum absolute atomic E-state index is 10.6. The zero-order valence-electron chi connectivity index (χ0n) is 12.2. The van der Waals surface area contributed by atoms with Crippen molar-refractivity contribution in [3.63, 3.8) is 0 Å². The number of aliphatic hydroxyl groups is 3. The molecule has 0 heterocycles. The molecule has 0 saturated carbocycles. The van der Waals surface area contributed by atoms with Crippen LogP contribution in [0.3, 0.4) is 0 Å². The predicted octanol–water partition coefficient (Wildman–Crippen LogP) is -1.14. The first kappa shape index (κ1) is 17.4. The van der Waals surface area contributed by atoms with Crippen LogP contribution < -0.4 is 5.32 Å². The lowest BCUT2D eigenvalue weighted by Crippen LogP contribution is -2.45. The number of rotatable bonds is 7. The number of hydrogen-bond donors (Lipinski definition) is 5. The van der Waals surface area contributed by atoms with Crippen LogP contribution in [0.25, 0.3) is 0 Å². The lowest BCUT2D eigenvalue weighted by atomic mass is 9.85. The molecular weight excluding hydrogens is 280 g/mol. The van der Waals surface area contributed by atoms with Gasteiger partial charge in [0.2, 0.25) is 0 Å². The zero-order valence-corrected chi connectivity index (χ0v) is 12.2. The van der Waals surface area contributed by atoms with Crippen molar-refractivity contribution in [2.45, 2.75) is 31.4 Å². The Hall–Kier alpha value is -1.64. The molecule has 120 valence electrons. The molecule has 0 aromatic carbocycles. The Labute approximate surface area is 122 Å². The second-order valence-electron chi connectivity index (χ2n) is 5.13. The Balaban J connectivity index is 3.16. The van der Waals surface area contributed by atoms with E-state index in [1.165, 1.54) is 7.11 Å². The number of carbonyl (C=O) groups is 1. The van der Waals surface area contributed by atoms with Gasteiger partial charge in [-0.15, -0.1) is 0 Å². The Morgan fingerprint density at radius 1 is 1.48 bits per heavy atom. The molecule has 21 heavy (non-hydrogen) atoms. The zero-order chi connectivity index (χ0) is 16.0. The van der Waals surface area contributed by atoms with Gasteiger partial charge in [-0.25, -0.2) is 0 Å². The van der Waals surface area contributed by atoms with Gasteiger partial charge in [0.1, 0.15) is 6.54 Å². The average Bonchev–Trinajstić information content (AvgIpc) is 2.44. The number of carboxylic acid groups (broad SMARTS) is 1. The Morgan fingerprint density at radius 2 is 2.14 bits per heavy atom. The van der Waals surface area contributed by atoms with Gasteiger partial charge in [0, 0.05) is 18.9 Å². The lowest BCUT2D eigenvalue weighted by molar-refractivity contribution is -0.135. The summed E-state index contributed by atoms with van der Waals surface area (Å²) in [5.74, 6) is -0.760. The number of carboxylic acids is 1. The standard InChI is InChI=1S/C13H22N2O6/c1-8(6-16)15-10-4-13(20,7-17)3-9(12(10)21-2)14-5-11(18)19/h8,15-17,20H,3-7H2,1-2H3,(H,18,19)/t8-,13-/m1/s1. The normalized spacial score (nSPS) is 25.9. The number of methoxy groups -OCH3 is 1. The van der Waals surface area contributed by atoms with Crippen LogP contribution in [-0.2, 0) is 9.53 Å². The summed E-state index contributed by atoms with van der Waals surface area (Å²) in [5.41, 5.74) is -0.682. The summed E-state index contributed by atoms with van der Waals surface area (Å²) < 4.78 is 5.25. The van der Waals surface area contributed by atoms with E-state index in [9.17, 15) is 15.0 Å². The van der Waals surface area contributed by atoms with Crippen molar-refractivity contribution >= 4 is 11.7 Å². The molecule has 0 unspecified atom stereocenters. The van der Waals surface area contributed by atoms with E-state index in [4.69, 9.17) is 14.9 Å². The van der Waals surface area contributed by atoms with Crippen LogP contribution in [0, 0.1) is 0 Å². The third-order valence-electron chi connectivity index (χ3n) is 3.14. The molecule has 2 atom stereocenters. The molecule has 0 spiro atoms. The monoisotopic (exact) mass is 302 g/mol. The quantitative estimate of drug-likeness (QED) is 0.401. The second kappa shape index (κ2) is 7.39. The fourth-order valence-electron chi connectivity index (χ4n) is 2.14. The molecule has 0 aromatic heterocycles. The van der Waals surface area contributed by atoms with Gasteiger partial charge in [-0.3, -0.25) is 9.79 Å². The second-order valence-corrected chi connectivity index (χ2v) is 5.13. The van der Waals surface area contributed by atoms with Crippen molar-refractivity contribution in [2.75, 3.05) is 26.9 Å². The molecule has 8 nitrogen and oxygen atoms in total. The van der Waals surface area contributed by atoms with E-state index >= 15 is 0 Å². The molecule has 1 rings (SSSR count). The van der Waals surface area contributed by atoms with E-state index in [0.29, 0.717) is 11.5 Å². The van der Waals surface area contributed by atoms with E-state index in [1.807, 2.05) is 0 Å². The molecule has 0 saturated heterocycles. The van der Waals surface area contributed by atoms with Gasteiger partial charge < -0.3 is 30.5 Å². The van der Waals surface area contributed by atoms with Crippen molar-refractivity contribution in [3.05, 3.63) is 11.5 Å². The molecule has 5 N–H and O–H groups in total. The maximum Gasteiger partial charge on any atom is 0.325 e. The third kappa shape index (κ3) is 4.69. The molecule has 0 amide bonds. The Bertz CT molecular complexity index is 448. The lowest BCUT2D eigenvalue weighted by Gasteiger charge is -2.35. The molecule has 0 aromatic rings. The highest BCUT2D eigenvalue weighted by Crippen LogP contribution is 2.30. The van der Waals surface area contributed by atoms with Crippen LogP contribution in [0.15, 0.2) is 16.4 Å². The summed E-state index contributed by atoms with van der Waals surface area (Å²) in [6.45, 7) is 0.669. The minimum atomic E-state index is -1.43. The van der Waals surface area contributed by atoms with E-state index in [0.717, 1.165) is 0 Å². The third-order valence-corrected chi connectivity index (χ3v) is 3.14. The molecule has 0 bridgehead atoms. The van der Waals surface area contributed by atoms with Crippen molar-refractivity contribution in [1.82, 2.24) is 5.32 Å².